The Balaban J connectivity index is 0. The monoisotopic (exact) mass is 540 g/mol. The van der Waals surface area contributed by atoms with Crippen LogP contribution in [0.2, 0.25) is 0 Å². The van der Waals surface area contributed by atoms with Crippen LogP contribution in [-0.4, -0.2) is 63.1 Å². The summed E-state index contributed by atoms with van der Waals surface area (Å²) < 4.78 is 79.0. The van der Waals surface area contributed by atoms with Gasteiger partial charge in [0.2, 0.25) is 0 Å². The second-order valence-electron chi connectivity index (χ2n) is 4.40. The van der Waals surface area contributed by atoms with E-state index in [-0.39, 0.29) is 98.8 Å². The minimum Gasteiger partial charge on any atom is -0.756 e. The Morgan fingerprint density at radius 2 is 0.967 bits per heavy atom. The summed E-state index contributed by atoms with van der Waals surface area (Å²) in [5, 5.41) is 16.8. The van der Waals surface area contributed by atoms with Crippen molar-refractivity contribution >= 4 is 31.3 Å². The zero-order chi connectivity index (χ0) is 21.3. The van der Waals surface area contributed by atoms with Crippen LogP contribution >= 0.6 is 31.3 Å². The van der Waals surface area contributed by atoms with Gasteiger partial charge in [0.1, 0.15) is 0 Å². The summed E-state index contributed by atoms with van der Waals surface area (Å²) in [5.74, 6) is 0. The van der Waals surface area contributed by atoms with Crippen LogP contribution in [0.3, 0.4) is 0 Å². The van der Waals surface area contributed by atoms with Crippen LogP contribution in [0.1, 0.15) is 0 Å². The number of rotatable bonds is 6. The second-order valence-corrected chi connectivity index (χ2v) is 10.8. The first-order chi connectivity index (χ1) is 12.9. The van der Waals surface area contributed by atoms with Gasteiger partial charge in [0, 0.05) is 0 Å². The van der Waals surface area contributed by atoms with Crippen molar-refractivity contribution < 1.29 is 133 Å². The minimum atomic E-state index is -4.64. The van der Waals surface area contributed by atoms with E-state index in [0.29, 0.717) is 0 Å². The molecule has 2 aliphatic heterocycles. The number of phosphoric ester groups is 4. The largest absolute Gasteiger partial charge is 1.00 e. The van der Waals surface area contributed by atoms with Crippen molar-refractivity contribution in [1.29, 1.82) is 0 Å². The van der Waals surface area contributed by atoms with Crippen LogP contribution in [0.4, 0.5) is 0 Å². The summed E-state index contributed by atoms with van der Waals surface area (Å²) in [6, 6.07) is 0. The summed E-state index contributed by atoms with van der Waals surface area (Å²) >= 11 is 0. The van der Waals surface area contributed by atoms with Gasteiger partial charge >= 0.3 is 74.8 Å². The second kappa shape index (κ2) is 16.2. The molecule has 4 unspecified atom stereocenters. The number of phosphoric acid groups is 4. The zero-order valence-electron chi connectivity index (χ0n) is 16.1. The Labute approximate surface area is 215 Å². The third kappa shape index (κ3) is 14.6. The third-order valence-corrected chi connectivity index (χ3v) is 8.44. The molecule has 2 aliphatic rings. The van der Waals surface area contributed by atoms with Crippen molar-refractivity contribution in [2.75, 3.05) is 52.9 Å². The topological polar surface area (TPSA) is 229 Å². The van der Waals surface area contributed by atoms with E-state index in [9.17, 15) is 28.0 Å². The molecule has 2 heterocycles. The van der Waals surface area contributed by atoms with E-state index >= 15 is 0 Å². The van der Waals surface area contributed by atoms with Crippen molar-refractivity contribution in [2.24, 2.45) is 0 Å². The zero-order valence-corrected chi connectivity index (χ0v) is 23.6. The summed E-state index contributed by atoms with van der Waals surface area (Å²) in [5.41, 5.74) is 0. The molecule has 0 saturated carbocycles. The fourth-order valence-electron chi connectivity index (χ4n) is 1.36. The van der Waals surface area contributed by atoms with Gasteiger partial charge in [-0.2, -0.15) is 0 Å². The molecular weight excluding hydrogens is 522 g/mol. The fraction of sp³-hybridized carbons (Fsp3) is 1.00. The molecule has 30 heavy (non-hydrogen) atoms. The molecule has 2 rings (SSSR count). The summed E-state index contributed by atoms with van der Waals surface area (Å²) in [6.45, 7) is -2.58. The molecule has 0 radical (unpaired) electrons. The molecule has 16 nitrogen and oxygen atoms in total. The van der Waals surface area contributed by atoms with Gasteiger partial charge in [-0.3, -0.25) is 27.2 Å². The molecule has 0 aromatic rings. The Hall–Kier alpha value is 2.44. The van der Waals surface area contributed by atoms with Crippen LogP contribution in [0.15, 0.2) is 0 Å². The van der Waals surface area contributed by atoms with Crippen LogP contribution < -0.4 is 68.9 Å². The van der Waals surface area contributed by atoms with Gasteiger partial charge < -0.3 is 29.0 Å². The van der Waals surface area contributed by atoms with Crippen LogP contribution in [-0.2, 0) is 54.0 Å². The summed E-state index contributed by atoms with van der Waals surface area (Å²) in [4.78, 5) is 21.7. The number of aliphatic hydroxyl groups is 2. The van der Waals surface area contributed by atoms with E-state index in [4.69, 9.17) is 10.2 Å². The van der Waals surface area contributed by atoms with Gasteiger partial charge in [-0.15, -0.1) is 0 Å². The van der Waals surface area contributed by atoms with E-state index < -0.39 is 44.5 Å². The predicted octanol–water partition coefficient (Wildman–Crippen LogP) is -6.72. The number of aliphatic hydroxyl groups excluding tert-OH is 2. The molecule has 0 aromatic heterocycles. The summed E-state index contributed by atoms with van der Waals surface area (Å²) in [7, 11) is -17.6. The maximum absolute atomic E-state index is 11.4. The maximum atomic E-state index is 11.4. The van der Waals surface area contributed by atoms with Crippen molar-refractivity contribution in [2.45, 2.75) is 0 Å². The Morgan fingerprint density at radius 3 is 1.27 bits per heavy atom. The molecule has 0 amide bonds. The standard InChI is InChI=1S/2C4H10O8P2.2Na/c2*5-1-2-10-14(8)11-4-3-9-13(6,7)12-14;;/h2*5H,1-4H2,(H,6,7);;/q;;2*+1/p-2. The molecule has 4 atom stereocenters. The SMILES string of the molecule is O=P1([O-])OCCOP(=O)(OCCO)O1.O=P1([O-])OCCOP(=O)(OCCO)O1.[Na+].[Na+]. The van der Waals surface area contributed by atoms with E-state index in [2.05, 4.69) is 35.8 Å². The van der Waals surface area contributed by atoms with Crippen LogP contribution in [0.25, 0.3) is 0 Å². The molecular formula is C8H18Na2O16P4. The normalized spacial score (nSPS) is 36.7. The quantitative estimate of drug-likeness (QED) is 0.236. The molecule has 0 aromatic carbocycles. The Kier molecular flexibility index (Phi) is 18.7. The number of hydrogen-bond donors (Lipinski definition) is 2. The Morgan fingerprint density at radius 1 is 0.667 bits per heavy atom. The van der Waals surface area contributed by atoms with E-state index in [1.165, 1.54) is 0 Å². The van der Waals surface area contributed by atoms with Gasteiger partial charge in [0.25, 0.3) is 15.6 Å². The first-order valence-electron chi connectivity index (χ1n) is 7.29. The van der Waals surface area contributed by atoms with Crippen LogP contribution in [0, 0.1) is 0 Å². The molecule has 2 saturated heterocycles. The maximum Gasteiger partial charge on any atom is 1.00 e. The fourth-order valence-corrected chi connectivity index (χ4v) is 6.41. The molecule has 2 N–H and O–H groups in total. The molecule has 22 heteroatoms. The molecule has 0 spiro atoms. The van der Waals surface area contributed by atoms with Crippen molar-refractivity contribution in [3.8, 4) is 0 Å². The molecule has 0 bridgehead atoms. The molecule has 168 valence electrons. The van der Waals surface area contributed by atoms with Crippen molar-refractivity contribution in [3.63, 3.8) is 0 Å². The predicted molar refractivity (Wildman–Crippen MR) is 82.5 cm³/mol. The summed E-state index contributed by atoms with van der Waals surface area (Å²) in [6.07, 6.45) is 0. The van der Waals surface area contributed by atoms with E-state index in [1.807, 2.05) is 0 Å². The first kappa shape index (κ1) is 34.6. The van der Waals surface area contributed by atoms with Gasteiger partial charge in [0.15, 0.2) is 0 Å². The van der Waals surface area contributed by atoms with Gasteiger partial charge in [-0.05, 0) is 0 Å². The van der Waals surface area contributed by atoms with E-state index in [1.54, 1.807) is 0 Å². The van der Waals surface area contributed by atoms with Gasteiger partial charge in [0.05, 0.1) is 52.9 Å². The number of hydrogen-bond acceptors (Lipinski definition) is 16. The van der Waals surface area contributed by atoms with Crippen LogP contribution in [0.5, 0.6) is 0 Å². The average molecular weight is 540 g/mol. The minimum absolute atomic E-state index is 0. The smallest absolute Gasteiger partial charge is 0.756 e. The van der Waals surface area contributed by atoms with Gasteiger partial charge in [-0.1, -0.05) is 0 Å². The first-order valence-corrected chi connectivity index (χ1v) is 13.1. The molecule has 0 aliphatic carbocycles. The Bertz CT molecular complexity index is 620. The van der Waals surface area contributed by atoms with Crippen molar-refractivity contribution in [3.05, 3.63) is 0 Å². The van der Waals surface area contributed by atoms with E-state index in [0.717, 1.165) is 0 Å². The van der Waals surface area contributed by atoms with Gasteiger partial charge in [-0.25, -0.2) is 17.8 Å². The average Bonchev–Trinajstić information content (AvgIpc) is 2.82. The third-order valence-electron chi connectivity index (χ3n) is 2.25. The van der Waals surface area contributed by atoms with Crippen molar-refractivity contribution in [1.82, 2.24) is 0 Å². The molecule has 2 fully saturated rings.